The molecule has 0 N–H and O–H groups in total. The van der Waals surface area contributed by atoms with Crippen LogP contribution < -0.4 is 4.90 Å². The summed E-state index contributed by atoms with van der Waals surface area (Å²) in [7, 11) is 0. The fraction of sp³-hybridized carbons (Fsp3) is 0.632. The number of carbonyl (C=O) groups is 1. The van der Waals surface area contributed by atoms with E-state index in [9.17, 15) is 4.79 Å². The van der Waals surface area contributed by atoms with E-state index < -0.39 is 0 Å². The topological polar surface area (TPSA) is 23.6 Å². The molecule has 1 fully saturated rings. The molecule has 3 nitrogen and oxygen atoms in total. The van der Waals surface area contributed by atoms with Crippen molar-refractivity contribution in [2.24, 2.45) is 5.41 Å². The number of amides is 1. The van der Waals surface area contributed by atoms with Gasteiger partial charge in [-0.25, -0.2) is 0 Å². The van der Waals surface area contributed by atoms with E-state index in [1.807, 2.05) is 0 Å². The second-order valence-corrected chi connectivity index (χ2v) is 8.12. The van der Waals surface area contributed by atoms with Crippen molar-refractivity contribution in [2.45, 2.75) is 58.5 Å². The maximum Gasteiger partial charge on any atom is 0.223 e. The van der Waals surface area contributed by atoms with Crippen LogP contribution in [0, 0.1) is 5.41 Å². The van der Waals surface area contributed by atoms with Gasteiger partial charge < -0.3 is 9.80 Å². The Bertz CT molecular complexity index is 616. The van der Waals surface area contributed by atoms with Crippen LogP contribution in [0.15, 0.2) is 18.2 Å². The van der Waals surface area contributed by atoms with Gasteiger partial charge in [0.1, 0.15) is 0 Å². The van der Waals surface area contributed by atoms with E-state index in [2.05, 4.69) is 48.8 Å². The first-order valence-corrected chi connectivity index (χ1v) is 8.65. The zero-order valence-electron chi connectivity index (χ0n) is 13.9. The normalized spacial score (nSPS) is 27.5. The molecular formula is C19H26N2O. The van der Waals surface area contributed by atoms with Gasteiger partial charge >= 0.3 is 0 Å². The predicted molar refractivity (Wildman–Crippen MR) is 89.0 cm³/mol. The summed E-state index contributed by atoms with van der Waals surface area (Å²) in [5, 5.41) is 0. The zero-order valence-corrected chi connectivity index (χ0v) is 13.9. The lowest BCUT2D eigenvalue weighted by Gasteiger charge is -2.48. The molecule has 0 aliphatic carbocycles. The van der Waals surface area contributed by atoms with Crippen LogP contribution in [0.1, 0.15) is 57.2 Å². The highest BCUT2D eigenvalue weighted by Crippen LogP contribution is 2.49. The number of likely N-dealkylation sites (tertiary alicyclic amines) is 1. The highest BCUT2D eigenvalue weighted by atomic mass is 16.2. The Morgan fingerprint density at radius 1 is 1.09 bits per heavy atom. The number of benzene rings is 1. The highest BCUT2D eigenvalue weighted by Gasteiger charge is 2.44. The first kappa shape index (κ1) is 14.1. The smallest absolute Gasteiger partial charge is 0.223 e. The van der Waals surface area contributed by atoms with Crippen molar-refractivity contribution < 1.29 is 4.79 Å². The lowest BCUT2D eigenvalue weighted by Crippen LogP contribution is -2.49. The van der Waals surface area contributed by atoms with Crippen molar-refractivity contribution in [3.05, 3.63) is 29.3 Å². The minimum absolute atomic E-state index is 0.232. The predicted octanol–water partition coefficient (Wildman–Crippen LogP) is 3.53. The van der Waals surface area contributed by atoms with Crippen molar-refractivity contribution in [3.63, 3.8) is 0 Å². The summed E-state index contributed by atoms with van der Waals surface area (Å²) in [5.41, 5.74) is 4.54. The van der Waals surface area contributed by atoms with Gasteiger partial charge in [0.25, 0.3) is 0 Å². The lowest BCUT2D eigenvalue weighted by atomic mass is 9.77. The minimum atomic E-state index is 0.232. The summed E-state index contributed by atoms with van der Waals surface area (Å²) in [4.78, 5) is 17.1. The highest BCUT2D eigenvalue weighted by molar-refractivity contribution is 5.79. The first-order chi connectivity index (χ1) is 10.5. The first-order valence-electron chi connectivity index (χ1n) is 8.65. The SMILES string of the molecule is CC(C)(C)[C@H]1C[C@@H](N2CCCC2=O)c2cccc3c2N1CC3. The van der Waals surface area contributed by atoms with Gasteiger partial charge in [-0.15, -0.1) is 0 Å². The average Bonchev–Trinajstić information content (AvgIpc) is 3.06. The number of hydrogen-bond donors (Lipinski definition) is 0. The van der Waals surface area contributed by atoms with E-state index in [1.165, 1.54) is 16.8 Å². The quantitative estimate of drug-likeness (QED) is 0.792. The second kappa shape index (κ2) is 4.74. The van der Waals surface area contributed by atoms with Crippen molar-refractivity contribution in [1.82, 2.24) is 4.90 Å². The molecule has 1 saturated heterocycles. The van der Waals surface area contributed by atoms with Crippen LogP contribution in [-0.2, 0) is 11.2 Å². The van der Waals surface area contributed by atoms with Crippen LogP contribution >= 0.6 is 0 Å². The second-order valence-electron chi connectivity index (χ2n) is 8.12. The number of para-hydroxylation sites is 1. The van der Waals surface area contributed by atoms with Crippen molar-refractivity contribution in [1.29, 1.82) is 0 Å². The third kappa shape index (κ3) is 1.98. The maximum atomic E-state index is 12.3. The molecule has 3 aliphatic rings. The summed E-state index contributed by atoms with van der Waals surface area (Å²) >= 11 is 0. The van der Waals surface area contributed by atoms with Gasteiger partial charge in [-0.1, -0.05) is 39.0 Å². The third-order valence-corrected chi connectivity index (χ3v) is 5.73. The van der Waals surface area contributed by atoms with Crippen molar-refractivity contribution in [2.75, 3.05) is 18.0 Å². The van der Waals surface area contributed by atoms with Gasteiger partial charge in [0.2, 0.25) is 5.91 Å². The van der Waals surface area contributed by atoms with E-state index >= 15 is 0 Å². The van der Waals surface area contributed by atoms with E-state index in [0.29, 0.717) is 11.9 Å². The van der Waals surface area contributed by atoms with Gasteiger partial charge in [-0.2, -0.15) is 0 Å². The Morgan fingerprint density at radius 2 is 1.91 bits per heavy atom. The van der Waals surface area contributed by atoms with Crippen LogP contribution in [0.3, 0.4) is 0 Å². The average molecular weight is 298 g/mol. The van der Waals surface area contributed by atoms with E-state index in [4.69, 9.17) is 0 Å². The minimum Gasteiger partial charge on any atom is -0.367 e. The zero-order chi connectivity index (χ0) is 15.5. The molecular weight excluding hydrogens is 272 g/mol. The molecule has 3 heterocycles. The molecule has 22 heavy (non-hydrogen) atoms. The van der Waals surface area contributed by atoms with Gasteiger partial charge in [-0.05, 0) is 35.8 Å². The lowest BCUT2D eigenvalue weighted by molar-refractivity contribution is -0.130. The number of rotatable bonds is 1. The molecule has 0 aromatic heterocycles. The summed E-state index contributed by atoms with van der Waals surface area (Å²) in [6.45, 7) is 9.09. The Kier molecular flexibility index (Phi) is 3.04. The molecule has 1 aromatic carbocycles. The monoisotopic (exact) mass is 298 g/mol. The Balaban J connectivity index is 1.82. The molecule has 0 radical (unpaired) electrons. The van der Waals surface area contributed by atoms with Gasteiger partial charge in [-0.3, -0.25) is 4.79 Å². The van der Waals surface area contributed by atoms with Crippen LogP contribution in [-0.4, -0.2) is 29.9 Å². The van der Waals surface area contributed by atoms with E-state index in [0.717, 1.165) is 38.8 Å². The fourth-order valence-corrected chi connectivity index (χ4v) is 4.68. The molecule has 0 saturated carbocycles. The molecule has 118 valence electrons. The van der Waals surface area contributed by atoms with Crippen LogP contribution in [0.25, 0.3) is 0 Å². The Labute approximate surface area is 133 Å². The van der Waals surface area contributed by atoms with E-state index in [1.54, 1.807) is 0 Å². The summed E-state index contributed by atoms with van der Waals surface area (Å²) in [5.74, 6) is 0.349. The Hall–Kier alpha value is -1.51. The largest absolute Gasteiger partial charge is 0.367 e. The van der Waals surface area contributed by atoms with Crippen molar-refractivity contribution in [3.8, 4) is 0 Å². The number of hydrogen-bond acceptors (Lipinski definition) is 2. The van der Waals surface area contributed by atoms with Gasteiger partial charge in [0, 0.05) is 31.2 Å². The van der Waals surface area contributed by atoms with E-state index in [-0.39, 0.29) is 11.5 Å². The van der Waals surface area contributed by atoms with Crippen LogP contribution in [0.2, 0.25) is 0 Å². The fourth-order valence-electron chi connectivity index (χ4n) is 4.68. The molecule has 1 amide bonds. The summed E-state index contributed by atoms with van der Waals surface area (Å²) in [6.07, 6.45) is 3.98. The molecule has 2 atom stereocenters. The Morgan fingerprint density at radius 3 is 2.59 bits per heavy atom. The maximum absolute atomic E-state index is 12.3. The molecule has 3 aliphatic heterocycles. The molecule has 0 unspecified atom stereocenters. The summed E-state index contributed by atoms with van der Waals surface area (Å²) < 4.78 is 0. The van der Waals surface area contributed by atoms with Gasteiger partial charge in [0.05, 0.1) is 6.04 Å². The molecule has 0 bridgehead atoms. The van der Waals surface area contributed by atoms with Crippen LogP contribution in [0.5, 0.6) is 0 Å². The molecule has 3 heteroatoms. The third-order valence-electron chi connectivity index (χ3n) is 5.73. The van der Waals surface area contributed by atoms with Crippen molar-refractivity contribution >= 4 is 11.6 Å². The molecule has 1 aromatic rings. The standard InChI is InChI=1S/C19H26N2O/c1-19(2,3)16-12-15(20-10-5-8-17(20)22)14-7-4-6-13-9-11-21(16)18(13)14/h4,6-7,15-16H,5,8-12H2,1-3H3/t15-,16-/m1/s1. The molecule has 4 rings (SSSR count). The number of nitrogens with zero attached hydrogens (tertiary/aromatic N) is 2. The van der Waals surface area contributed by atoms with Gasteiger partial charge in [0.15, 0.2) is 0 Å². The number of anilines is 1. The summed E-state index contributed by atoms with van der Waals surface area (Å²) in [6, 6.07) is 7.51. The molecule has 0 spiro atoms. The number of carbonyl (C=O) groups excluding carboxylic acids is 1. The van der Waals surface area contributed by atoms with Crippen LogP contribution in [0.4, 0.5) is 5.69 Å².